The van der Waals surface area contributed by atoms with Gasteiger partial charge < -0.3 is 11.1 Å². The SMILES string of the molecule is Cc1[nH]nc(NC(=O)CCCc2ccccc2)c1N. The van der Waals surface area contributed by atoms with Crippen LogP contribution in [0.3, 0.4) is 0 Å². The average molecular weight is 258 g/mol. The summed E-state index contributed by atoms with van der Waals surface area (Å²) in [5.74, 6) is 0.358. The van der Waals surface area contributed by atoms with Crippen molar-refractivity contribution in [2.75, 3.05) is 11.1 Å². The van der Waals surface area contributed by atoms with Crippen LogP contribution in [0.5, 0.6) is 0 Å². The number of nitrogens with two attached hydrogens (primary N) is 1. The molecule has 0 unspecified atom stereocenters. The summed E-state index contributed by atoms with van der Waals surface area (Å²) in [6, 6.07) is 10.1. The van der Waals surface area contributed by atoms with E-state index in [2.05, 4.69) is 27.6 Å². The van der Waals surface area contributed by atoms with Crippen molar-refractivity contribution in [1.29, 1.82) is 0 Å². The van der Waals surface area contributed by atoms with E-state index in [9.17, 15) is 4.79 Å². The van der Waals surface area contributed by atoms with Crippen molar-refractivity contribution in [1.82, 2.24) is 10.2 Å². The topological polar surface area (TPSA) is 83.8 Å². The lowest BCUT2D eigenvalue weighted by molar-refractivity contribution is -0.116. The summed E-state index contributed by atoms with van der Waals surface area (Å²) < 4.78 is 0. The van der Waals surface area contributed by atoms with Crippen LogP contribution < -0.4 is 11.1 Å². The third-order valence-corrected chi connectivity index (χ3v) is 2.96. The lowest BCUT2D eigenvalue weighted by atomic mass is 10.1. The molecule has 0 atom stereocenters. The van der Waals surface area contributed by atoms with Gasteiger partial charge in [0.25, 0.3) is 0 Å². The molecule has 0 aliphatic heterocycles. The van der Waals surface area contributed by atoms with Crippen molar-refractivity contribution >= 4 is 17.4 Å². The third kappa shape index (κ3) is 3.58. The number of benzene rings is 1. The minimum absolute atomic E-state index is 0.0610. The van der Waals surface area contributed by atoms with Crippen LogP contribution in [0.1, 0.15) is 24.1 Å². The molecule has 1 amide bonds. The van der Waals surface area contributed by atoms with Gasteiger partial charge in [-0.15, -0.1) is 0 Å². The number of hydrogen-bond acceptors (Lipinski definition) is 3. The number of hydrogen-bond donors (Lipinski definition) is 3. The van der Waals surface area contributed by atoms with Crippen LogP contribution in [0.25, 0.3) is 0 Å². The summed E-state index contributed by atoms with van der Waals surface area (Å²) in [7, 11) is 0. The van der Waals surface area contributed by atoms with Crippen molar-refractivity contribution in [3.63, 3.8) is 0 Å². The Morgan fingerprint density at radius 1 is 1.37 bits per heavy atom. The quantitative estimate of drug-likeness (QED) is 0.769. The summed E-state index contributed by atoms with van der Waals surface area (Å²) >= 11 is 0. The fourth-order valence-electron chi connectivity index (χ4n) is 1.83. The molecule has 1 aromatic heterocycles. The number of nitrogens with one attached hydrogen (secondary N) is 2. The van der Waals surface area contributed by atoms with Gasteiger partial charge in [0.15, 0.2) is 5.82 Å². The lowest BCUT2D eigenvalue weighted by Crippen LogP contribution is -2.13. The number of aromatic nitrogens is 2. The van der Waals surface area contributed by atoms with E-state index in [0.717, 1.165) is 18.5 Å². The summed E-state index contributed by atoms with van der Waals surface area (Å²) in [6.45, 7) is 1.81. The molecule has 2 rings (SSSR count). The molecule has 2 aromatic rings. The first-order valence-corrected chi connectivity index (χ1v) is 6.31. The van der Waals surface area contributed by atoms with Gasteiger partial charge in [-0.3, -0.25) is 9.89 Å². The molecule has 4 N–H and O–H groups in total. The number of H-pyrrole nitrogens is 1. The molecule has 0 saturated heterocycles. The smallest absolute Gasteiger partial charge is 0.225 e. The number of nitrogens with zero attached hydrogens (tertiary/aromatic N) is 1. The third-order valence-electron chi connectivity index (χ3n) is 2.96. The zero-order valence-electron chi connectivity index (χ0n) is 10.9. The van der Waals surface area contributed by atoms with E-state index >= 15 is 0 Å². The van der Waals surface area contributed by atoms with Gasteiger partial charge in [-0.05, 0) is 25.3 Å². The minimum atomic E-state index is -0.0610. The van der Waals surface area contributed by atoms with Crippen LogP contribution in [0.15, 0.2) is 30.3 Å². The first kappa shape index (κ1) is 13.1. The highest BCUT2D eigenvalue weighted by Crippen LogP contribution is 2.18. The standard InChI is InChI=1S/C14H18N4O/c1-10-13(15)14(18-17-10)16-12(19)9-5-8-11-6-3-2-4-7-11/h2-4,6-7H,5,8-9,15H2,1H3,(H2,16,17,18,19). The summed E-state index contributed by atoms with van der Waals surface area (Å²) in [4.78, 5) is 11.7. The Hall–Kier alpha value is -2.30. The molecule has 1 aromatic carbocycles. The molecular weight excluding hydrogens is 240 g/mol. The molecule has 5 heteroatoms. The Bertz CT molecular complexity index is 548. The van der Waals surface area contributed by atoms with Gasteiger partial charge in [-0.1, -0.05) is 30.3 Å². The second-order valence-electron chi connectivity index (χ2n) is 4.50. The molecule has 0 fully saturated rings. The number of amides is 1. The number of anilines is 2. The Balaban J connectivity index is 1.78. The Kier molecular flexibility index (Phi) is 4.18. The molecule has 100 valence electrons. The lowest BCUT2D eigenvalue weighted by Gasteiger charge is -2.03. The minimum Gasteiger partial charge on any atom is -0.394 e. The molecular formula is C14H18N4O. The predicted octanol–water partition coefficient (Wildman–Crippen LogP) is 2.26. The Labute approximate surface area is 112 Å². The first-order chi connectivity index (χ1) is 9.16. The molecule has 0 bridgehead atoms. The molecule has 0 spiro atoms. The van der Waals surface area contributed by atoms with Crippen molar-refractivity contribution in [3.8, 4) is 0 Å². The van der Waals surface area contributed by atoms with E-state index in [1.807, 2.05) is 25.1 Å². The fraction of sp³-hybridized carbons (Fsp3) is 0.286. The van der Waals surface area contributed by atoms with Crippen LogP contribution in [-0.2, 0) is 11.2 Å². The average Bonchev–Trinajstić information content (AvgIpc) is 2.72. The highest BCUT2D eigenvalue weighted by molar-refractivity contribution is 5.92. The number of nitrogen functional groups attached to an aromatic ring is 1. The van der Waals surface area contributed by atoms with E-state index in [1.54, 1.807) is 0 Å². The largest absolute Gasteiger partial charge is 0.394 e. The molecule has 19 heavy (non-hydrogen) atoms. The zero-order chi connectivity index (χ0) is 13.7. The summed E-state index contributed by atoms with van der Waals surface area (Å²) in [5.41, 5.74) is 8.26. The zero-order valence-corrected chi connectivity index (χ0v) is 10.9. The highest BCUT2D eigenvalue weighted by atomic mass is 16.1. The van der Waals surface area contributed by atoms with Crippen LogP contribution >= 0.6 is 0 Å². The molecule has 0 aliphatic carbocycles. The van der Waals surface area contributed by atoms with Gasteiger partial charge in [-0.2, -0.15) is 5.10 Å². The van der Waals surface area contributed by atoms with E-state index in [1.165, 1.54) is 5.56 Å². The fourth-order valence-corrected chi connectivity index (χ4v) is 1.83. The second-order valence-corrected chi connectivity index (χ2v) is 4.50. The van der Waals surface area contributed by atoms with Gasteiger partial charge in [-0.25, -0.2) is 0 Å². The monoisotopic (exact) mass is 258 g/mol. The second kappa shape index (κ2) is 6.04. The molecule has 0 saturated carbocycles. The van der Waals surface area contributed by atoms with Crippen LogP contribution in [0.2, 0.25) is 0 Å². The van der Waals surface area contributed by atoms with Crippen molar-refractivity contribution in [2.45, 2.75) is 26.2 Å². The van der Waals surface area contributed by atoms with Gasteiger partial charge in [0, 0.05) is 6.42 Å². The number of carbonyl (C=O) groups excluding carboxylic acids is 1. The molecule has 0 aliphatic rings. The van der Waals surface area contributed by atoms with Crippen molar-refractivity contribution < 1.29 is 4.79 Å². The number of aromatic amines is 1. The van der Waals surface area contributed by atoms with Crippen LogP contribution in [0, 0.1) is 6.92 Å². The van der Waals surface area contributed by atoms with Crippen molar-refractivity contribution in [3.05, 3.63) is 41.6 Å². The maximum absolute atomic E-state index is 11.7. The highest BCUT2D eigenvalue weighted by Gasteiger charge is 2.09. The molecule has 5 nitrogen and oxygen atoms in total. The maximum Gasteiger partial charge on any atom is 0.225 e. The number of rotatable bonds is 5. The predicted molar refractivity (Wildman–Crippen MR) is 75.7 cm³/mol. The van der Waals surface area contributed by atoms with Crippen LogP contribution in [0.4, 0.5) is 11.5 Å². The van der Waals surface area contributed by atoms with E-state index in [4.69, 9.17) is 5.73 Å². The normalized spacial score (nSPS) is 10.4. The molecule has 0 radical (unpaired) electrons. The van der Waals surface area contributed by atoms with Gasteiger partial charge in [0.05, 0.1) is 11.4 Å². The summed E-state index contributed by atoms with van der Waals surface area (Å²) in [6.07, 6.45) is 2.16. The van der Waals surface area contributed by atoms with Crippen molar-refractivity contribution in [2.24, 2.45) is 0 Å². The van der Waals surface area contributed by atoms with E-state index in [0.29, 0.717) is 17.9 Å². The van der Waals surface area contributed by atoms with Crippen LogP contribution in [-0.4, -0.2) is 16.1 Å². The summed E-state index contributed by atoms with van der Waals surface area (Å²) in [5, 5.41) is 9.39. The maximum atomic E-state index is 11.7. The Morgan fingerprint density at radius 2 is 2.11 bits per heavy atom. The first-order valence-electron chi connectivity index (χ1n) is 6.31. The molecule has 1 heterocycles. The number of carbonyl (C=O) groups is 1. The Morgan fingerprint density at radius 3 is 2.74 bits per heavy atom. The van der Waals surface area contributed by atoms with Gasteiger partial charge in [0.2, 0.25) is 5.91 Å². The van der Waals surface area contributed by atoms with E-state index in [-0.39, 0.29) is 5.91 Å². The van der Waals surface area contributed by atoms with Gasteiger partial charge >= 0.3 is 0 Å². The van der Waals surface area contributed by atoms with E-state index < -0.39 is 0 Å². The van der Waals surface area contributed by atoms with Gasteiger partial charge in [0.1, 0.15) is 0 Å². The number of aryl methyl sites for hydroxylation is 2.